The van der Waals surface area contributed by atoms with Crippen molar-refractivity contribution in [1.29, 1.82) is 0 Å². The molecule has 0 saturated heterocycles. The Morgan fingerprint density at radius 2 is 2.12 bits per heavy atom. The molecule has 16 heavy (non-hydrogen) atoms. The van der Waals surface area contributed by atoms with Crippen molar-refractivity contribution < 1.29 is 19.2 Å². The van der Waals surface area contributed by atoms with Crippen LogP contribution in [0, 0.1) is 6.92 Å². The molecule has 1 N–H and O–H groups in total. The molecule has 0 radical (unpaired) electrons. The number of carbonyl (C=O) groups is 2. The Morgan fingerprint density at radius 3 is 2.62 bits per heavy atom. The zero-order valence-corrected chi connectivity index (χ0v) is 9.48. The van der Waals surface area contributed by atoms with Crippen LogP contribution in [-0.4, -0.2) is 40.6 Å². The van der Waals surface area contributed by atoms with Gasteiger partial charge in [0.2, 0.25) is 0 Å². The summed E-state index contributed by atoms with van der Waals surface area (Å²) in [7, 11) is 1.43. The molecule has 88 valence electrons. The summed E-state index contributed by atoms with van der Waals surface area (Å²) >= 11 is 0. The third kappa shape index (κ3) is 2.39. The molecule has 0 aliphatic carbocycles. The van der Waals surface area contributed by atoms with E-state index >= 15 is 0 Å². The molecule has 6 heteroatoms. The van der Waals surface area contributed by atoms with Crippen molar-refractivity contribution in [2.45, 2.75) is 20.3 Å². The largest absolute Gasteiger partial charge is 0.480 e. The van der Waals surface area contributed by atoms with Crippen molar-refractivity contribution in [3.63, 3.8) is 0 Å². The maximum atomic E-state index is 11.9. The number of aryl methyl sites for hydroxylation is 2. The van der Waals surface area contributed by atoms with E-state index in [-0.39, 0.29) is 12.5 Å². The number of likely N-dealkylation sites (N-methyl/N-ethyl adjacent to an activating group) is 1. The number of amides is 1. The number of carboxylic acids is 1. The van der Waals surface area contributed by atoms with Crippen molar-refractivity contribution >= 4 is 11.9 Å². The average Bonchev–Trinajstić information content (AvgIpc) is 2.57. The molecule has 1 heterocycles. The summed E-state index contributed by atoms with van der Waals surface area (Å²) in [6, 6.07) is 0. The van der Waals surface area contributed by atoms with Gasteiger partial charge in [-0.2, -0.15) is 0 Å². The van der Waals surface area contributed by atoms with Crippen molar-refractivity contribution in [3.05, 3.63) is 17.0 Å². The van der Waals surface area contributed by atoms with Gasteiger partial charge in [0.25, 0.3) is 5.91 Å². The summed E-state index contributed by atoms with van der Waals surface area (Å²) in [5, 5.41) is 12.3. The number of aromatic nitrogens is 1. The van der Waals surface area contributed by atoms with E-state index < -0.39 is 5.97 Å². The SMILES string of the molecule is CCc1noc(C)c1C(=O)N(C)CC(=O)O. The van der Waals surface area contributed by atoms with Crippen LogP contribution in [0.5, 0.6) is 0 Å². The van der Waals surface area contributed by atoms with E-state index in [1.54, 1.807) is 6.92 Å². The normalized spacial score (nSPS) is 10.2. The Labute approximate surface area is 92.8 Å². The highest BCUT2D eigenvalue weighted by atomic mass is 16.5. The molecule has 0 aliphatic heterocycles. The zero-order valence-electron chi connectivity index (χ0n) is 9.48. The first kappa shape index (κ1) is 12.2. The molecular weight excluding hydrogens is 212 g/mol. The fourth-order valence-electron chi connectivity index (χ4n) is 1.40. The molecule has 1 amide bonds. The first-order valence-electron chi connectivity index (χ1n) is 4.89. The molecule has 1 aromatic heterocycles. The van der Waals surface area contributed by atoms with E-state index in [4.69, 9.17) is 9.63 Å². The van der Waals surface area contributed by atoms with Gasteiger partial charge >= 0.3 is 5.97 Å². The molecule has 0 saturated carbocycles. The molecule has 0 unspecified atom stereocenters. The second-order valence-corrected chi connectivity index (χ2v) is 3.47. The first-order valence-corrected chi connectivity index (χ1v) is 4.89. The van der Waals surface area contributed by atoms with Gasteiger partial charge in [-0.15, -0.1) is 0 Å². The number of aliphatic carboxylic acids is 1. The minimum absolute atomic E-state index is 0.341. The van der Waals surface area contributed by atoms with Gasteiger partial charge in [-0.25, -0.2) is 0 Å². The van der Waals surface area contributed by atoms with Crippen LogP contribution in [-0.2, 0) is 11.2 Å². The van der Waals surface area contributed by atoms with Crippen molar-refractivity contribution in [2.75, 3.05) is 13.6 Å². The minimum atomic E-state index is -1.05. The van der Waals surface area contributed by atoms with Crippen LogP contribution < -0.4 is 0 Å². The first-order chi connectivity index (χ1) is 7.47. The summed E-state index contributed by atoms with van der Waals surface area (Å²) in [6.07, 6.45) is 0.569. The van der Waals surface area contributed by atoms with Crippen LogP contribution in [0.1, 0.15) is 28.7 Å². The summed E-state index contributed by atoms with van der Waals surface area (Å²) in [5.74, 6) is -1.01. The Hall–Kier alpha value is -1.85. The Morgan fingerprint density at radius 1 is 1.50 bits per heavy atom. The lowest BCUT2D eigenvalue weighted by atomic mass is 10.1. The second kappa shape index (κ2) is 4.78. The van der Waals surface area contributed by atoms with Gasteiger partial charge in [0.1, 0.15) is 17.9 Å². The monoisotopic (exact) mass is 226 g/mol. The fourth-order valence-corrected chi connectivity index (χ4v) is 1.40. The molecule has 0 bridgehead atoms. The molecule has 0 fully saturated rings. The topological polar surface area (TPSA) is 83.6 Å². The lowest BCUT2D eigenvalue weighted by Crippen LogP contribution is -2.32. The van der Waals surface area contributed by atoms with Crippen LogP contribution in [0.15, 0.2) is 4.52 Å². The molecular formula is C10H14N2O4. The standard InChI is InChI=1S/C10H14N2O4/c1-4-7-9(6(2)16-11-7)10(15)12(3)5-8(13)14/h4-5H2,1-3H3,(H,13,14). The zero-order chi connectivity index (χ0) is 12.3. The lowest BCUT2D eigenvalue weighted by molar-refractivity contribution is -0.137. The second-order valence-electron chi connectivity index (χ2n) is 3.47. The summed E-state index contributed by atoms with van der Waals surface area (Å²) in [4.78, 5) is 23.5. The molecule has 0 aromatic carbocycles. The predicted molar refractivity (Wildman–Crippen MR) is 55.2 cm³/mol. The van der Waals surface area contributed by atoms with E-state index in [9.17, 15) is 9.59 Å². The summed E-state index contributed by atoms with van der Waals surface area (Å²) in [5.41, 5.74) is 0.922. The smallest absolute Gasteiger partial charge is 0.323 e. The number of hydrogen-bond acceptors (Lipinski definition) is 4. The van der Waals surface area contributed by atoms with Crippen LogP contribution in [0.3, 0.4) is 0 Å². The maximum absolute atomic E-state index is 11.9. The van der Waals surface area contributed by atoms with E-state index in [0.717, 1.165) is 4.90 Å². The minimum Gasteiger partial charge on any atom is -0.480 e. The molecule has 6 nitrogen and oxygen atoms in total. The highest BCUT2D eigenvalue weighted by Crippen LogP contribution is 2.15. The van der Waals surface area contributed by atoms with Crippen LogP contribution in [0.25, 0.3) is 0 Å². The highest BCUT2D eigenvalue weighted by molar-refractivity contribution is 5.97. The summed E-state index contributed by atoms with van der Waals surface area (Å²) in [6.45, 7) is 3.14. The number of rotatable bonds is 4. The third-order valence-corrected chi connectivity index (χ3v) is 2.20. The maximum Gasteiger partial charge on any atom is 0.323 e. The van der Waals surface area contributed by atoms with Crippen molar-refractivity contribution in [2.24, 2.45) is 0 Å². The Bertz CT molecular complexity index is 411. The van der Waals surface area contributed by atoms with Crippen LogP contribution in [0.4, 0.5) is 0 Å². The molecule has 1 aromatic rings. The third-order valence-electron chi connectivity index (χ3n) is 2.20. The van der Waals surface area contributed by atoms with Gasteiger partial charge in [0.05, 0.1) is 5.69 Å². The fraction of sp³-hybridized carbons (Fsp3) is 0.500. The lowest BCUT2D eigenvalue weighted by Gasteiger charge is -2.14. The van der Waals surface area contributed by atoms with E-state index in [1.807, 2.05) is 6.92 Å². The van der Waals surface area contributed by atoms with Crippen molar-refractivity contribution in [1.82, 2.24) is 10.1 Å². The number of carbonyl (C=O) groups excluding carboxylic acids is 1. The van der Waals surface area contributed by atoms with E-state index in [2.05, 4.69) is 5.16 Å². The van der Waals surface area contributed by atoms with Crippen LogP contribution in [0.2, 0.25) is 0 Å². The number of nitrogens with zero attached hydrogens (tertiary/aromatic N) is 2. The number of hydrogen-bond donors (Lipinski definition) is 1. The molecule has 0 aliphatic rings. The molecule has 1 rings (SSSR count). The molecule has 0 atom stereocenters. The Balaban J connectivity index is 2.95. The van der Waals surface area contributed by atoms with Crippen molar-refractivity contribution in [3.8, 4) is 0 Å². The van der Waals surface area contributed by atoms with Gasteiger partial charge in [-0.05, 0) is 13.3 Å². The van der Waals surface area contributed by atoms with Gasteiger partial charge < -0.3 is 14.5 Å². The quantitative estimate of drug-likeness (QED) is 0.817. The van der Waals surface area contributed by atoms with Gasteiger partial charge in [-0.3, -0.25) is 9.59 Å². The average molecular weight is 226 g/mol. The van der Waals surface area contributed by atoms with Gasteiger partial charge in [-0.1, -0.05) is 12.1 Å². The predicted octanol–water partition coefficient (Wildman–Crippen LogP) is 0.702. The highest BCUT2D eigenvalue weighted by Gasteiger charge is 2.23. The van der Waals surface area contributed by atoms with E-state index in [0.29, 0.717) is 23.4 Å². The van der Waals surface area contributed by atoms with Crippen LogP contribution >= 0.6 is 0 Å². The molecule has 0 spiro atoms. The number of carboxylic acid groups (broad SMARTS) is 1. The Kier molecular flexibility index (Phi) is 3.65. The van der Waals surface area contributed by atoms with Gasteiger partial charge in [0, 0.05) is 7.05 Å². The van der Waals surface area contributed by atoms with Gasteiger partial charge in [0.15, 0.2) is 0 Å². The summed E-state index contributed by atoms with van der Waals surface area (Å²) < 4.78 is 4.92. The van der Waals surface area contributed by atoms with E-state index in [1.165, 1.54) is 7.05 Å².